The normalized spacial score (nSPS) is 26.9. The van der Waals surface area contributed by atoms with Crippen molar-refractivity contribution in [1.29, 1.82) is 0 Å². The number of hydrogen-bond acceptors (Lipinski definition) is 4. The van der Waals surface area contributed by atoms with Gasteiger partial charge in [-0.15, -0.1) is 0 Å². The van der Waals surface area contributed by atoms with Gasteiger partial charge in [-0.25, -0.2) is 0 Å². The molecule has 0 bridgehead atoms. The van der Waals surface area contributed by atoms with Crippen molar-refractivity contribution >= 4 is 11.6 Å². The SMILES string of the molecule is CC1(C)C(O)CC1NCc1cc(Cl)c2c(c1)OCCCO2. The van der Waals surface area contributed by atoms with Crippen molar-refractivity contribution < 1.29 is 14.6 Å². The number of rotatable bonds is 3. The maximum atomic E-state index is 9.78. The van der Waals surface area contributed by atoms with Gasteiger partial charge in [0.05, 0.1) is 24.3 Å². The highest BCUT2D eigenvalue weighted by molar-refractivity contribution is 6.32. The first kappa shape index (κ1) is 14.9. The van der Waals surface area contributed by atoms with Gasteiger partial charge in [0.15, 0.2) is 11.5 Å². The third-order valence-electron chi connectivity index (χ3n) is 4.63. The summed E-state index contributed by atoms with van der Waals surface area (Å²) in [6.45, 7) is 6.16. The summed E-state index contributed by atoms with van der Waals surface area (Å²) in [7, 11) is 0. The Hall–Kier alpha value is -0.970. The molecule has 4 nitrogen and oxygen atoms in total. The van der Waals surface area contributed by atoms with Crippen LogP contribution in [0, 0.1) is 5.41 Å². The molecule has 3 rings (SSSR count). The fraction of sp³-hybridized carbons (Fsp3) is 0.625. The number of hydrogen-bond donors (Lipinski definition) is 2. The zero-order valence-electron chi connectivity index (χ0n) is 12.5. The number of nitrogens with one attached hydrogen (secondary N) is 1. The van der Waals surface area contributed by atoms with Crippen molar-refractivity contribution in [3.05, 3.63) is 22.7 Å². The first-order chi connectivity index (χ1) is 9.98. The highest BCUT2D eigenvalue weighted by Gasteiger charge is 2.46. The molecule has 1 aliphatic heterocycles. The maximum absolute atomic E-state index is 9.78. The van der Waals surface area contributed by atoms with Gasteiger partial charge in [-0.05, 0) is 24.1 Å². The van der Waals surface area contributed by atoms with Gasteiger partial charge in [0.25, 0.3) is 0 Å². The minimum Gasteiger partial charge on any atom is -0.489 e. The largest absolute Gasteiger partial charge is 0.489 e. The van der Waals surface area contributed by atoms with Gasteiger partial charge in [0.2, 0.25) is 0 Å². The van der Waals surface area contributed by atoms with E-state index in [0.29, 0.717) is 36.6 Å². The summed E-state index contributed by atoms with van der Waals surface area (Å²) in [5.41, 5.74) is 0.996. The summed E-state index contributed by atoms with van der Waals surface area (Å²) in [6, 6.07) is 4.23. The number of ether oxygens (including phenoxy) is 2. The summed E-state index contributed by atoms with van der Waals surface area (Å²) in [5.74, 6) is 1.38. The average Bonchev–Trinajstić information content (AvgIpc) is 2.69. The second-order valence-corrected chi connectivity index (χ2v) is 6.87. The van der Waals surface area contributed by atoms with Crippen LogP contribution >= 0.6 is 11.6 Å². The van der Waals surface area contributed by atoms with Gasteiger partial charge in [-0.1, -0.05) is 25.4 Å². The van der Waals surface area contributed by atoms with Crippen LogP contribution < -0.4 is 14.8 Å². The van der Waals surface area contributed by atoms with Crippen molar-refractivity contribution in [3.63, 3.8) is 0 Å². The van der Waals surface area contributed by atoms with Gasteiger partial charge < -0.3 is 19.9 Å². The molecule has 1 aromatic carbocycles. The lowest BCUT2D eigenvalue weighted by Crippen LogP contribution is -2.59. The Morgan fingerprint density at radius 3 is 2.81 bits per heavy atom. The zero-order valence-corrected chi connectivity index (χ0v) is 13.2. The molecular weight excluding hydrogens is 290 g/mol. The molecule has 1 saturated carbocycles. The van der Waals surface area contributed by atoms with Crippen LogP contribution in [-0.2, 0) is 6.54 Å². The zero-order chi connectivity index (χ0) is 15.0. The molecule has 0 amide bonds. The van der Waals surface area contributed by atoms with Crippen molar-refractivity contribution in [2.75, 3.05) is 13.2 Å². The molecule has 1 fully saturated rings. The topological polar surface area (TPSA) is 50.7 Å². The first-order valence-corrected chi connectivity index (χ1v) is 7.86. The van der Waals surface area contributed by atoms with E-state index < -0.39 is 0 Å². The van der Waals surface area contributed by atoms with Crippen LogP contribution in [0.2, 0.25) is 5.02 Å². The Bertz CT molecular complexity index is 532. The van der Waals surface area contributed by atoms with E-state index in [9.17, 15) is 5.11 Å². The second kappa shape index (κ2) is 5.67. The van der Waals surface area contributed by atoms with Crippen LogP contribution in [0.4, 0.5) is 0 Å². The highest BCUT2D eigenvalue weighted by atomic mass is 35.5. The molecule has 0 spiro atoms. The smallest absolute Gasteiger partial charge is 0.179 e. The minimum absolute atomic E-state index is 0.0743. The van der Waals surface area contributed by atoms with E-state index in [4.69, 9.17) is 21.1 Å². The molecule has 1 aliphatic carbocycles. The van der Waals surface area contributed by atoms with Crippen molar-refractivity contribution in [2.45, 2.75) is 45.4 Å². The lowest BCUT2D eigenvalue weighted by atomic mass is 9.64. The standard InChI is InChI=1S/C16H22ClNO3/c1-16(2)13(8-14(16)19)18-9-10-6-11(17)15-12(7-10)20-4-3-5-21-15/h6-7,13-14,18-19H,3-5,8-9H2,1-2H3. The molecule has 0 aromatic heterocycles. The molecular formula is C16H22ClNO3. The van der Waals surface area contributed by atoms with Crippen molar-refractivity contribution in [2.24, 2.45) is 5.41 Å². The Kier molecular flexibility index (Phi) is 4.04. The Morgan fingerprint density at radius 1 is 1.33 bits per heavy atom. The maximum Gasteiger partial charge on any atom is 0.179 e. The van der Waals surface area contributed by atoms with Gasteiger partial charge in [0, 0.05) is 24.4 Å². The number of fused-ring (bicyclic) bond motifs is 1. The third-order valence-corrected chi connectivity index (χ3v) is 4.91. The lowest BCUT2D eigenvalue weighted by Gasteiger charge is -2.49. The lowest BCUT2D eigenvalue weighted by molar-refractivity contribution is -0.0729. The van der Waals surface area contributed by atoms with E-state index in [-0.39, 0.29) is 11.5 Å². The molecule has 1 aromatic rings. The van der Waals surface area contributed by atoms with Crippen LogP contribution in [-0.4, -0.2) is 30.5 Å². The number of aliphatic hydroxyl groups excluding tert-OH is 1. The van der Waals surface area contributed by atoms with E-state index in [1.54, 1.807) is 0 Å². The average molecular weight is 312 g/mol. The first-order valence-electron chi connectivity index (χ1n) is 7.48. The van der Waals surface area contributed by atoms with Gasteiger partial charge >= 0.3 is 0 Å². The van der Waals surface area contributed by atoms with E-state index in [2.05, 4.69) is 19.2 Å². The van der Waals surface area contributed by atoms with Crippen molar-refractivity contribution in [3.8, 4) is 11.5 Å². The molecule has 116 valence electrons. The van der Waals surface area contributed by atoms with E-state index >= 15 is 0 Å². The van der Waals surface area contributed by atoms with Gasteiger partial charge in [-0.2, -0.15) is 0 Å². The van der Waals surface area contributed by atoms with Gasteiger partial charge in [-0.3, -0.25) is 0 Å². The molecule has 2 unspecified atom stereocenters. The predicted molar refractivity (Wildman–Crippen MR) is 82.1 cm³/mol. The predicted octanol–water partition coefficient (Wildman–Crippen LogP) is 2.75. The fourth-order valence-corrected chi connectivity index (χ4v) is 3.16. The Labute approximate surface area is 130 Å². The van der Waals surface area contributed by atoms with Crippen LogP contribution in [0.15, 0.2) is 12.1 Å². The fourth-order valence-electron chi connectivity index (χ4n) is 2.88. The Balaban J connectivity index is 1.69. The van der Waals surface area contributed by atoms with Crippen LogP contribution in [0.5, 0.6) is 11.5 Å². The van der Waals surface area contributed by atoms with Crippen LogP contribution in [0.25, 0.3) is 0 Å². The van der Waals surface area contributed by atoms with Gasteiger partial charge in [0.1, 0.15) is 0 Å². The second-order valence-electron chi connectivity index (χ2n) is 6.46. The molecule has 2 aliphatic rings. The molecule has 0 radical (unpaired) electrons. The monoisotopic (exact) mass is 311 g/mol. The molecule has 0 saturated heterocycles. The van der Waals surface area contributed by atoms with E-state index in [0.717, 1.165) is 24.2 Å². The number of aliphatic hydroxyl groups is 1. The number of benzene rings is 1. The quantitative estimate of drug-likeness (QED) is 0.901. The molecule has 1 heterocycles. The van der Waals surface area contributed by atoms with E-state index in [1.165, 1.54) is 0 Å². The minimum atomic E-state index is -0.220. The van der Waals surface area contributed by atoms with E-state index in [1.807, 2.05) is 12.1 Å². The summed E-state index contributed by atoms with van der Waals surface area (Å²) >= 11 is 6.29. The molecule has 21 heavy (non-hydrogen) atoms. The third kappa shape index (κ3) is 2.85. The highest BCUT2D eigenvalue weighted by Crippen LogP contribution is 2.41. The van der Waals surface area contributed by atoms with Crippen LogP contribution in [0.1, 0.15) is 32.3 Å². The summed E-state index contributed by atoms with van der Waals surface area (Å²) in [5, 5.41) is 13.9. The summed E-state index contributed by atoms with van der Waals surface area (Å²) in [6.07, 6.45) is 1.44. The Morgan fingerprint density at radius 2 is 2.10 bits per heavy atom. The summed E-state index contributed by atoms with van der Waals surface area (Å²) in [4.78, 5) is 0. The van der Waals surface area contributed by atoms with Crippen LogP contribution in [0.3, 0.4) is 0 Å². The van der Waals surface area contributed by atoms with Crippen molar-refractivity contribution in [1.82, 2.24) is 5.32 Å². The number of halogens is 1. The molecule has 5 heteroatoms. The summed E-state index contributed by atoms with van der Waals surface area (Å²) < 4.78 is 11.3. The molecule has 2 atom stereocenters. The molecule has 2 N–H and O–H groups in total.